The molecule has 1 amide bonds. The fourth-order valence-corrected chi connectivity index (χ4v) is 2.69. The number of carbonyl (C=O) groups is 2. The van der Waals surface area contributed by atoms with Gasteiger partial charge in [0.2, 0.25) is 5.91 Å². The third kappa shape index (κ3) is 3.22. The number of rotatable bonds is 6. The molecule has 0 aliphatic rings. The first-order valence-corrected chi connectivity index (χ1v) is 7.19. The van der Waals surface area contributed by atoms with Crippen molar-refractivity contribution in [2.75, 3.05) is 11.4 Å². The zero-order valence-electron chi connectivity index (χ0n) is 11.7. The summed E-state index contributed by atoms with van der Waals surface area (Å²) in [5, 5.41) is 10.7. The van der Waals surface area contributed by atoms with E-state index in [0.717, 1.165) is 11.0 Å². The number of aliphatic carboxylic acids is 1. The predicted molar refractivity (Wildman–Crippen MR) is 81.4 cm³/mol. The number of aromatic nitrogens is 2. The highest BCUT2D eigenvalue weighted by Gasteiger charge is 2.21. The number of fused-ring (bicyclic) bond motifs is 1. The van der Waals surface area contributed by atoms with E-state index in [-0.39, 0.29) is 12.6 Å². The molecule has 0 aliphatic heterocycles. The van der Waals surface area contributed by atoms with Crippen LogP contribution in [0.1, 0.15) is 19.5 Å². The number of carbonyl (C=O) groups excluding carboxylic acids is 1. The lowest BCUT2D eigenvalue weighted by Crippen LogP contribution is -2.39. The molecule has 2 heterocycles. The van der Waals surface area contributed by atoms with E-state index < -0.39 is 11.9 Å². The van der Waals surface area contributed by atoms with Crippen LogP contribution in [0.5, 0.6) is 0 Å². The number of nitrogens with two attached hydrogens (primary N) is 1. The smallest absolute Gasteiger partial charge is 0.328 e. The molecule has 0 aliphatic carbocycles. The maximum atomic E-state index is 11.3. The number of thiazole rings is 1. The second kappa shape index (κ2) is 5.96. The maximum absolute atomic E-state index is 11.3. The van der Waals surface area contributed by atoms with E-state index in [4.69, 9.17) is 10.8 Å². The summed E-state index contributed by atoms with van der Waals surface area (Å²) >= 11 is 1.43. The van der Waals surface area contributed by atoms with Crippen LogP contribution in [-0.2, 0) is 9.59 Å². The van der Waals surface area contributed by atoms with E-state index in [1.54, 1.807) is 15.5 Å². The minimum Gasteiger partial charge on any atom is -0.478 e. The first-order valence-electron chi connectivity index (χ1n) is 6.31. The Hall–Kier alpha value is -2.35. The van der Waals surface area contributed by atoms with Crippen LogP contribution >= 0.6 is 11.3 Å². The third-order valence-electron chi connectivity index (χ3n) is 2.89. The molecule has 0 aromatic carbocycles. The lowest BCUT2D eigenvalue weighted by atomic mass is 10.2. The van der Waals surface area contributed by atoms with Gasteiger partial charge in [-0.25, -0.2) is 9.78 Å². The molecular weight excluding hydrogens is 292 g/mol. The first kappa shape index (κ1) is 15.0. The number of imidazole rings is 1. The van der Waals surface area contributed by atoms with Gasteiger partial charge in [-0.15, -0.1) is 11.3 Å². The number of amides is 1. The van der Waals surface area contributed by atoms with Crippen molar-refractivity contribution >= 4 is 40.1 Å². The summed E-state index contributed by atoms with van der Waals surface area (Å²) in [7, 11) is 0. The van der Waals surface area contributed by atoms with Gasteiger partial charge in [0.25, 0.3) is 0 Å². The van der Waals surface area contributed by atoms with Gasteiger partial charge in [0, 0.05) is 23.7 Å². The number of anilines is 1. The van der Waals surface area contributed by atoms with Gasteiger partial charge < -0.3 is 15.7 Å². The number of carboxylic acid groups (broad SMARTS) is 1. The maximum Gasteiger partial charge on any atom is 0.328 e. The molecule has 7 nitrogen and oxygen atoms in total. The van der Waals surface area contributed by atoms with E-state index >= 15 is 0 Å². The van der Waals surface area contributed by atoms with Crippen LogP contribution in [0.2, 0.25) is 0 Å². The Morgan fingerprint density at radius 1 is 1.57 bits per heavy atom. The largest absolute Gasteiger partial charge is 0.478 e. The Morgan fingerprint density at radius 2 is 2.29 bits per heavy atom. The standard InChI is InChI=1S/C13H16N4O3S/c1-8(2)17(7-10(14)18)12-9(3-4-11(19)20)16-5-6-21-13(16)15-12/h3-6,8H,7H2,1-2H3,(H2,14,18)(H,19,20). The van der Waals surface area contributed by atoms with E-state index in [0.29, 0.717) is 11.5 Å². The quantitative estimate of drug-likeness (QED) is 0.781. The van der Waals surface area contributed by atoms with E-state index in [2.05, 4.69) is 4.98 Å². The lowest BCUT2D eigenvalue weighted by molar-refractivity contribution is -0.131. The second-order valence-corrected chi connectivity index (χ2v) is 5.61. The number of hydrogen-bond donors (Lipinski definition) is 2. The molecule has 8 heteroatoms. The molecular formula is C13H16N4O3S. The van der Waals surface area contributed by atoms with Crippen molar-refractivity contribution in [3.8, 4) is 0 Å². The number of nitrogens with zero attached hydrogens (tertiary/aromatic N) is 3. The van der Waals surface area contributed by atoms with Gasteiger partial charge in [0.15, 0.2) is 10.8 Å². The summed E-state index contributed by atoms with van der Waals surface area (Å²) in [4.78, 5) is 29.0. The van der Waals surface area contributed by atoms with Gasteiger partial charge in [-0.3, -0.25) is 9.20 Å². The van der Waals surface area contributed by atoms with Gasteiger partial charge in [-0.05, 0) is 19.9 Å². The van der Waals surface area contributed by atoms with Gasteiger partial charge in [-0.1, -0.05) is 0 Å². The summed E-state index contributed by atoms with van der Waals surface area (Å²) in [6, 6.07) is -0.000848. The summed E-state index contributed by atoms with van der Waals surface area (Å²) in [6.07, 6.45) is 4.33. The zero-order valence-corrected chi connectivity index (χ0v) is 12.5. The van der Waals surface area contributed by atoms with Gasteiger partial charge in [-0.2, -0.15) is 0 Å². The molecule has 0 radical (unpaired) electrons. The van der Waals surface area contributed by atoms with Gasteiger partial charge in [0.1, 0.15) is 0 Å². The molecule has 0 saturated heterocycles. The minimum absolute atomic E-state index is 0.000848. The van der Waals surface area contributed by atoms with E-state index in [1.807, 2.05) is 19.2 Å². The Balaban J connectivity index is 2.54. The van der Waals surface area contributed by atoms with Crippen LogP contribution < -0.4 is 10.6 Å². The van der Waals surface area contributed by atoms with Crippen molar-refractivity contribution in [3.05, 3.63) is 23.3 Å². The summed E-state index contributed by atoms with van der Waals surface area (Å²) in [5.41, 5.74) is 5.90. The Labute approximate surface area is 125 Å². The Morgan fingerprint density at radius 3 is 2.86 bits per heavy atom. The van der Waals surface area contributed by atoms with Crippen LogP contribution in [0.25, 0.3) is 11.0 Å². The topological polar surface area (TPSA) is 101 Å². The van der Waals surface area contributed by atoms with Gasteiger partial charge >= 0.3 is 5.97 Å². The van der Waals surface area contributed by atoms with E-state index in [1.165, 1.54) is 17.4 Å². The highest BCUT2D eigenvalue weighted by Crippen LogP contribution is 2.27. The van der Waals surface area contributed by atoms with Crippen molar-refractivity contribution in [1.82, 2.24) is 9.38 Å². The fraction of sp³-hybridized carbons (Fsp3) is 0.308. The SMILES string of the molecule is CC(C)N(CC(N)=O)c1nc2sccn2c1C=CC(=O)O. The average molecular weight is 308 g/mol. The molecule has 0 spiro atoms. The average Bonchev–Trinajstić information content (AvgIpc) is 2.93. The van der Waals surface area contributed by atoms with E-state index in [9.17, 15) is 9.59 Å². The van der Waals surface area contributed by atoms with Crippen LogP contribution in [0, 0.1) is 0 Å². The van der Waals surface area contributed by atoms with Crippen LogP contribution in [0.4, 0.5) is 5.82 Å². The predicted octanol–water partition coefficient (Wildman–Crippen LogP) is 1.19. The Kier molecular flexibility index (Phi) is 4.27. The van der Waals surface area contributed by atoms with Crippen LogP contribution in [0.15, 0.2) is 17.7 Å². The fourth-order valence-electron chi connectivity index (χ4n) is 1.98. The molecule has 2 rings (SSSR count). The molecule has 2 aromatic rings. The molecule has 0 fully saturated rings. The second-order valence-electron chi connectivity index (χ2n) is 4.74. The Bertz CT molecular complexity index is 701. The van der Waals surface area contributed by atoms with Crippen molar-refractivity contribution in [2.45, 2.75) is 19.9 Å². The van der Waals surface area contributed by atoms with Gasteiger partial charge in [0.05, 0.1) is 12.2 Å². The summed E-state index contributed by atoms with van der Waals surface area (Å²) < 4.78 is 1.79. The lowest BCUT2D eigenvalue weighted by Gasteiger charge is -2.25. The molecule has 0 unspecified atom stereocenters. The minimum atomic E-state index is -1.04. The molecule has 0 saturated carbocycles. The molecule has 0 atom stereocenters. The molecule has 3 N–H and O–H groups in total. The van der Waals surface area contributed by atoms with Crippen molar-refractivity contribution < 1.29 is 14.7 Å². The first-order chi connectivity index (χ1) is 9.90. The van der Waals surface area contributed by atoms with Crippen molar-refractivity contribution in [2.24, 2.45) is 5.73 Å². The number of carboxylic acids is 1. The van der Waals surface area contributed by atoms with Crippen LogP contribution in [-0.4, -0.2) is 39.0 Å². The molecule has 112 valence electrons. The number of hydrogen-bond acceptors (Lipinski definition) is 5. The molecule has 21 heavy (non-hydrogen) atoms. The molecule has 2 aromatic heterocycles. The summed E-state index contributed by atoms with van der Waals surface area (Å²) in [6.45, 7) is 3.86. The highest BCUT2D eigenvalue weighted by molar-refractivity contribution is 7.15. The highest BCUT2D eigenvalue weighted by atomic mass is 32.1. The monoisotopic (exact) mass is 308 g/mol. The summed E-state index contributed by atoms with van der Waals surface area (Å²) in [5.74, 6) is -0.960. The third-order valence-corrected chi connectivity index (χ3v) is 3.64. The molecule has 0 bridgehead atoms. The van der Waals surface area contributed by atoms with Crippen molar-refractivity contribution in [3.63, 3.8) is 0 Å². The normalized spacial score (nSPS) is 11.6. The van der Waals surface area contributed by atoms with Crippen molar-refractivity contribution in [1.29, 1.82) is 0 Å². The van der Waals surface area contributed by atoms with Crippen LogP contribution in [0.3, 0.4) is 0 Å². The zero-order chi connectivity index (χ0) is 15.6. The number of primary amides is 1.